The number of nitrogens with two attached hydrogens (primary N) is 1. The van der Waals surface area contributed by atoms with Crippen LogP contribution in [0.2, 0.25) is 0 Å². The van der Waals surface area contributed by atoms with Crippen molar-refractivity contribution in [3.8, 4) is 0 Å². The molecule has 10 heavy (non-hydrogen) atoms. The molecule has 1 rings (SSSR count). The molecule has 1 heteroatoms. The van der Waals surface area contributed by atoms with Crippen molar-refractivity contribution in [1.29, 1.82) is 0 Å². The maximum Gasteiger partial charge on any atom is -0.00744 e. The van der Waals surface area contributed by atoms with Gasteiger partial charge in [-0.1, -0.05) is 20.3 Å². The van der Waals surface area contributed by atoms with Crippen LogP contribution in [0.15, 0.2) is 0 Å². The molecule has 60 valence electrons. The Balaban J connectivity index is 2.43. The summed E-state index contributed by atoms with van der Waals surface area (Å²) < 4.78 is 0. The number of rotatable bonds is 2. The zero-order valence-corrected chi connectivity index (χ0v) is 7.19. The van der Waals surface area contributed by atoms with Gasteiger partial charge in [0, 0.05) is 0 Å². The van der Waals surface area contributed by atoms with E-state index < -0.39 is 0 Å². The summed E-state index contributed by atoms with van der Waals surface area (Å²) in [5, 5.41) is 0. The van der Waals surface area contributed by atoms with E-state index in [2.05, 4.69) is 13.8 Å². The van der Waals surface area contributed by atoms with E-state index in [0.29, 0.717) is 5.41 Å². The van der Waals surface area contributed by atoms with Gasteiger partial charge in [-0.2, -0.15) is 0 Å². The van der Waals surface area contributed by atoms with E-state index in [1.54, 1.807) is 0 Å². The predicted molar refractivity (Wildman–Crippen MR) is 44.8 cm³/mol. The molecular formula is C9H19N. The monoisotopic (exact) mass is 141 g/mol. The van der Waals surface area contributed by atoms with Gasteiger partial charge in [0.15, 0.2) is 0 Å². The Morgan fingerprint density at radius 1 is 1.50 bits per heavy atom. The maximum absolute atomic E-state index is 5.53. The van der Waals surface area contributed by atoms with Crippen LogP contribution in [0, 0.1) is 11.3 Å². The molecule has 1 aliphatic carbocycles. The van der Waals surface area contributed by atoms with Crippen LogP contribution in [0.3, 0.4) is 0 Å². The normalized spacial score (nSPS) is 30.9. The molecule has 1 saturated carbocycles. The molecule has 0 aliphatic heterocycles. The van der Waals surface area contributed by atoms with Crippen LogP contribution in [0.5, 0.6) is 0 Å². The molecule has 1 aliphatic rings. The van der Waals surface area contributed by atoms with Gasteiger partial charge in [-0.15, -0.1) is 0 Å². The molecule has 2 N–H and O–H groups in total. The first-order chi connectivity index (χ1) is 4.67. The highest BCUT2D eigenvalue weighted by Crippen LogP contribution is 2.43. The number of hydrogen-bond donors (Lipinski definition) is 1. The third-order valence-electron chi connectivity index (χ3n) is 2.99. The van der Waals surface area contributed by atoms with E-state index in [1.165, 1.54) is 25.7 Å². The zero-order chi connectivity index (χ0) is 7.61. The Bertz CT molecular complexity index is 107. The lowest BCUT2D eigenvalue weighted by Gasteiger charge is -2.26. The summed E-state index contributed by atoms with van der Waals surface area (Å²) in [5.74, 6) is 0.900. The maximum atomic E-state index is 5.53. The summed E-state index contributed by atoms with van der Waals surface area (Å²) in [4.78, 5) is 0. The van der Waals surface area contributed by atoms with Crippen molar-refractivity contribution in [3.63, 3.8) is 0 Å². The fraction of sp³-hybridized carbons (Fsp3) is 1.00. The quantitative estimate of drug-likeness (QED) is 0.626. The fourth-order valence-electron chi connectivity index (χ4n) is 2.14. The minimum atomic E-state index is 0.583. The SMILES string of the molecule is CC1(C)CCCC1CCN. The highest BCUT2D eigenvalue weighted by atomic mass is 14.5. The summed E-state index contributed by atoms with van der Waals surface area (Å²) in [6.45, 7) is 5.62. The van der Waals surface area contributed by atoms with Crippen molar-refractivity contribution in [2.24, 2.45) is 17.1 Å². The minimum absolute atomic E-state index is 0.583. The van der Waals surface area contributed by atoms with Gasteiger partial charge in [0.1, 0.15) is 0 Å². The van der Waals surface area contributed by atoms with Gasteiger partial charge in [0.25, 0.3) is 0 Å². The van der Waals surface area contributed by atoms with Crippen molar-refractivity contribution in [1.82, 2.24) is 0 Å². The fourth-order valence-corrected chi connectivity index (χ4v) is 2.14. The molecule has 1 fully saturated rings. The average molecular weight is 141 g/mol. The predicted octanol–water partition coefficient (Wildman–Crippen LogP) is 2.16. The zero-order valence-electron chi connectivity index (χ0n) is 7.19. The van der Waals surface area contributed by atoms with Gasteiger partial charge in [-0.05, 0) is 37.1 Å². The van der Waals surface area contributed by atoms with Gasteiger partial charge in [0.2, 0.25) is 0 Å². The highest BCUT2D eigenvalue weighted by molar-refractivity contribution is 4.84. The Morgan fingerprint density at radius 2 is 2.20 bits per heavy atom. The van der Waals surface area contributed by atoms with Crippen molar-refractivity contribution in [2.45, 2.75) is 39.5 Å². The smallest absolute Gasteiger partial charge is 0.00744 e. The van der Waals surface area contributed by atoms with Crippen LogP contribution in [0.1, 0.15) is 39.5 Å². The lowest BCUT2D eigenvalue weighted by Crippen LogP contribution is -2.20. The first-order valence-corrected chi connectivity index (χ1v) is 4.37. The second-order valence-corrected chi connectivity index (χ2v) is 4.16. The molecule has 1 atom stereocenters. The first-order valence-electron chi connectivity index (χ1n) is 4.37. The number of hydrogen-bond acceptors (Lipinski definition) is 1. The Kier molecular flexibility index (Phi) is 2.35. The molecule has 0 amide bonds. The summed E-state index contributed by atoms with van der Waals surface area (Å²) >= 11 is 0. The Hall–Kier alpha value is -0.0400. The van der Waals surface area contributed by atoms with Crippen LogP contribution >= 0.6 is 0 Å². The van der Waals surface area contributed by atoms with Crippen LogP contribution < -0.4 is 5.73 Å². The molecule has 0 radical (unpaired) electrons. The molecule has 0 saturated heterocycles. The largest absolute Gasteiger partial charge is 0.330 e. The van der Waals surface area contributed by atoms with Gasteiger partial charge in [-0.25, -0.2) is 0 Å². The van der Waals surface area contributed by atoms with E-state index in [9.17, 15) is 0 Å². The Labute approximate surface area is 64.0 Å². The standard InChI is InChI=1S/C9H19N/c1-9(2)6-3-4-8(9)5-7-10/h8H,3-7,10H2,1-2H3. The van der Waals surface area contributed by atoms with Gasteiger partial charge >= 0.3 is 0 Å². The summed E-state index contributed by atoms with van der Waals surface area (Å²) in [6.07, 6.45) is 5.45. The van der Waals surface area contributed by atoms with Crippen LogP contribution in [-0.4, -0.2) is 6.54 Å². The molecule has 0 aromatic carbocycles. The minimum Gasteiger partial charge on any atom is -0.330 e. The van der Waals surface area contributed by atoms with Crippen LogP contribution in [0.4, 0.5) is 0 Å². The molecule has 1 unspecified atom stereocenters. The van der Waals surface area contributed by atoms with Crippen LogP contribution in [0.25, 0.3) is 0 Å². The summed E-state index contributed by atoms with van der Waals surface area (Å²) in [6, 6.07) is 0. The Morgan fingerprint density at radius 3 is 2.60 bits per heavy atom. The molecule has 0 spiro atoms. The molecule has 0 heterocycles. The molecule has 0 aromatic heterocycles. The second-order valence-electron chi connectivity index (χ2n) is 4.16. The van der Waals surface area contributed by atoms with E-state index >= 15 is 0 Å². The van der Waals surface area contributed by atoms with Gasteiger partial charge in [0.05, 0.1) is 0 Å². The lowest BCUT2D eigenvalue weighted by molar-refractivity contribution is 0.249. The molecule has 0 aromatic rings. The molecule has 1 nitrogen and oxygen atoms in total. The van der Waals surface area contributed by atoms with E-state index in [0.717, 1.165) is 12.5 Å². The summed E-state index contributed by atoms with van der Waals surface area (Å²) in [7, 11) is 0. The van der Waals surface area contributed by atoms with Gasteiger partial charge < -0.3 is 5.73 Å². The van der Waals surface area contributed by atoms with Crippen molar-refractivity contribution < 1.29 is 0 Å². The third kappa shape index (κ3) is 1.51. The highest BCUT2D eigenvalue weighted by Gasteiger charge is 2.33. The van der Waals surface area contributed by atoms with Crippen molar-refractivity contribution in [3.05, 3.63) is 0 Å². The topological polar surface area (TPSA) is 26.0 Å². The van der Waals surface area contributed by atoms with E-state index in [1.807, 2.05) is 0 Å². The third-order valence-corrected chi connectivity index (χ3v) is 2.99. The van der Waals surface area contributed by atoms with Crippen molar-refractivity contribution >= 4 is 0 Å². The first kappa shape index (κ1) is 8.06. The lowest BCUT2D eigenvalue weighted by atomic mass is 9.80. The van der Waals surface area contributed by atoms with Gasteiger partial charge in [-0.3, -0.25) is 0 Å². The summed E-state index contributed by atoms with van der Waals surface area (Å²) in [5.41, 5.74) is 6.11. The molecular weight excluding hydrogens is 122 g/mol. The van der Waals surface area contributed by atoms with E-state index in [-0.39, 0.29) is 0 Å². The van der Waals surface area contributed by atoms with E-state index in [4.69, 9.17) is 5.73 Å². The van der Waals surface area contributed by atoms with Crippen molar-refractivity contribution in [2.75, 3.05) is 6.54 Å². The second kappa shape index (κ2) is 2.91. The average Bonchev–Trinajstić information content (AvgIpc) is 2.13. The molecule has 0 bridgehead atoms. The van der Waals surface area contributed by atoms with Crippen LogP contribution in [-0.2, 0) is 0 Å².